The monoisotopic (exact) mass is 385 g/mol. The molecule has 1 fully saturated rings. The fourth-order valence-electron chi connectivity index (χ4n) is 3.39. The second-order valence-corrected chi connectivity index (χ2v) is 6.95. The van der Waals surface area contributed by atoms with E-state index in [1.165, 1.54) is 10.9 Å². The van der Waals surface area contributed by atoms with Crippen molar-refractivity contribution < 1.29 is 14.7 Å². The average molecular weight is 386 g/mol. The molecular weight excluding hydrogens is 366 g/mol. The van der Waals surface area contributed by atoms with Gasteiger partial charge in [-0.3, -0.25) is 14.6 Å². The van der Waals surface area contributed by atoms with Gasteiger partial charge in [0.2, 0.25) is 0 Å². The first-order valence-corrected chi connectivity index (χ1v) is 8.93. The van der Waals surface area contributed by atoms with E-state index in [-0.39, 0.29) is 12.4 Å². The maximum atomic E-state index is 12.4. The number of benzene rings is 1. The van der Waals surface area contributed by atoms with Crippen LogP contribution in [0.4, 0.5) is 0 Å². The van der Waals surface area contributed by atoms with Crippen molar-refractivity contribution >= 4 is 34.9 Å². The Labute approximate surface area is 162 Å². The number of carboxylic acid groups (broad SMARTS) is 1. The highest BCUT2D eigenvalue weighted by atomic mass is 35.5. The quantitative estimate of drug-likeness (QED) is 0.702. The van der Waals surface area contributed by atoms with Crippen molar-refractivity contribution in [1.82, 2.24) is 14.5 Å². The highest BCUT2D eigenvalue weighted by molar-refractivity contribution is 6.30. The van der Waals surface area contributed by atoms with E-state index in [1.807, 2.05) is 24.2 Å². The molecule has 4 rings (SSSR count). The number of amides is 1. The summed E-state index contributed by atoms with van der Waals surface area (Å²) < 4.78 is 2.12. The molecule has 3 aromatic rings. The molecular formula is C20H20ClN3O3. The lowest BCUT2D eigenvalue weighted by atomic mass is 9.93. The van der Waals surface area contributed by atoms with Gasteiger partial charge in [0, 0.05) is 48.5 Å². The van der Waals surface area contributed by atoms with Gasteiger partial charge in [0.1, 0.15) is 0 Å². The topological polar surface area (TPSA) is 75.4 Å². The number of hydrogen-bond donors (Lipinski definition) is 1. The van der Waals surface area contributed by atoms with Crippen molar-refractivity contribution in [2.75, 3.05) is 13.1 Å². The Morgan fingerprint density at radius 3 is 2.59 bits per heavy atom. The van der Waals surface area contributed by atoms with E-state index in [1.54, 1.807) is 24.3 Å². The van der Waals surface area contributed by atoms with Crippen LogP contribution in [-0.4, -0.2) is 45.0 Å². The predicted octanol–water partition coefficient (Wildman–Crippen LogP) is 3.24. The van der Waals surface area contributed by atoms with Crippen molar-refractivity contribution in [3.63, 3.8) is 0 Å². The largest absolute Gasteiger partial charge is 0.483 e. The van der Waals surface area contributed by atoms with E-state index >= 15 is 0 Å². The molecule has 7 heteroatoms. The van der Waals surface area contributed by atoms with Crippen LogP contribution in [0.5, 0.6) is 0 Å². The van der Waals surface area contributed by atoms with Gasteiger partial charge in [-0.25, -0.2) is 0 Å². The number of aromatic nitrogens is 2. The van der Waals surface area contributed by atoms with Crippen LogP contribution in [0.15, 0.2) is 48.8 Å². The standard InChI is InChI=1S/C19H18ClN3O.CH2O2/c1-22-9-7-14-6-8-21-17(18(14)22)10-13-11-23(12-13)19(24)15-2-4-16(20)5-3-15;2-1-3/h2-9,13H,10-12H2,1H3;1H,(H,2,3). The third-order valence-corrected chi connectivity index (χ3v) is 4.93. The van der Waals surface area contributed by atoms with E-state index in [0.717, 1.165) is 25.2 Å². The van der Waals surface area contributed by atoms with Crippen molar-refractivity contribution in [1.29, 1.82) is 0 Å². The summed E-state index contributed by atoms with van der Waals surface area (Å²) in [5.41, 5.74) is 3.00. The van der Waals surface area contributed by atoms with Crippen molar-refractivity contribution in [2.24, 2.45) is 13.0 Å². The summed E-state index contributed by atoms with van der Waals surface area (Å²) in [6.45, 7) is 1.31. The molecule has 1 aromatic carbocycles. The SMILES string of the molecule is Cn1ccc2ccnc(CC3CN(C(=O)c4ccc(Cl)cc4)C3)c21.O=CO. The average Bonchev–Trinajstić information content (AvgIpc) is 3.01. The number of likely N-dealkylation sites (tertiary alicyclic amines) is 1. The third kappa shape index (κ3) is 4.11. The first-order valence-electron chi connectivity index (χ1n) is 8.55. The van der Waals surface area contributed by atoms with Crippen molar-refractivity contribution in [3.8, 4) is 0 Å². The van der Waals surface area contributed by atoms with Crippen LogP contribution in [0, 0.1) is 5.92 Å². The minimum absolute atomic E-state index is 0.0768. The van der Waals surface area contributed by atoms with E-state index < -0.39 is 0 Å². The van der Waals surface area contributed by atoms with Crippen LogP contribution >= 0.6 is 11.6 Å². The van der Waals surface area contributed by atoms with Gasteiger partial charge < -0.3 is 14.6 Å². The highest BCUT2D eigenvalue weighted by Crippen LogP contribution is 2.26. The fourth-order valence-corrected chi connectivity index (χ4v) is 3.51. The number of aryl methyl sites for hydroxylation is 1. The normalized spacial score (nSPS) is 13.6. The van der Waals surface area contributed by atoms with Crippen LogP contribution < -0.4 is 0 Å². The first-order chi connectivity index (χ1) is 13.0. The lowest BCUT2D eigenvalue weighted by Crippen LogP contribution is -2.50. The number of carbonyl (C=O) groups is 2. The van der Waals surface area contributed by atoms with Crippen LogP contribution in [0.2, 0.25) is 5.02 Å². The molecule has 140 valence electrons. The molecule has 0 aliphatic carbocycles. The predicted molar refractivity (Wildman–Crippen MR) is 104 cm³/mol. The smallest absolute Gasteiger partial charge is 0.290 e. The van der Waals surface area contributed by atoms with Crippen molar-refractivity contribution in [3.05, 3.63) is 65.1 Å². The molecule has 1 amide bonds. The molecule has 0 radical (unpaired) electrons. The summed E-state index contributed by atoms with van der Waals surface area (Å²) in [7, 11) is 2.05. The number of rotatable bonds is 3. The molecule has 1 saturated heterocycles. The van der Waals surface area contributed by atoms with E-state index in [2.05, 4.69) is 21.8 Å². The number of carbonyl (C=O) groups excluding carboxylic acids is 1. The zero-order valence-corrected chi connectivity index (χ0v) is 15.6. The Bertz CT molecular complexity index is 947. The van der Waals surface area contributed by atoms with E-state index in [0.29, 0.717) is 16.5 Å². The molecule has 0 saturated carbocycles. The zero-order valence-electron chi connectivity index (χ0n) is 14.9. The summed E-state index contributed by atoms with van der Waals surface area (Å²) >= 11 is 5.87. The first kappa shape index (κ1) is 18.9. The third-order valence-electron chi connectivity index (χ3n) is 4.68. The van der Waals surface area contributed by atoms with Gasteiger partial charge >= 0.3 is 0 Å². The van der Waals surface area contributed by atoms with Crippen LogP contribution in [0.25, 0.3) is 10.9 Å². The van der Waals surface area contributed by atoms with Gasteiger partial charge in [-0.2, -0.15) is 0 Å². The highest BCUT2D eigenvalue weighted by Gasteiger charge is 2.32. The molecule has 1 aliphatic heterocycles. The Hall–Kier alpha value is -2.86. The number of fused-ring (bicyclic) bond motifs is 1. The molecule has 0 unspecified atom stereocenters. The lowest BCUT2D eigenvalue weighted by Gasteiger charge is -2.39. The number of pyridine rings is 1. The Morgan fingerprint density at radius 2 is 1.93 bits per heavy atom. The van der Waals surface area contributed by atoms with Gasteiger partial charge in [0.25, 0.3) is 12.4 Å². The van der Waals surface area contributed by atoms with Gasteiger partial charge in [-0.1, -0.05) is 11.6 Å². The summed E-state index contributed by atoms with van der Waals surface area (Å²) in [5, 5.41) is 8.76. The fraction of sp³-hybridized carbons (Fsp3) is 0.250. The number of nitrogens with zero attached hydrogens (tertiary/aromatic N) is 3. The zero-order chi connectivity index (χ0) is 19.4. The van der Waals surface area contributed by atoms with Crippen LogP contribution in [0.3, 0.4) is 0 Å². The Balaban J connectivity index is 0.000000659. The molecule has 3 heterocycles. The summed E-state index contributed by atoms with van der Waals surface area (Å²) in [6, 6.07) is 11.2. The molecule has 0 spiro atoms. The number of halogens is 1. The van der Waals surface area contributed by atoms with Gasteiger partial charge in [0.15, 0.2) is 0 Å². The Morgan fingerprint density at radius 1 is 1.26 bits per heavy atom. The van der Waals surface area contributed by atoms with Crippen molar-refractivity contribution in [2.45, 2.75) is 6.42 Å². The van der Waals surface area contributed by atoms with Gasteiger partial charge in [-0.15, -0.1) is 0 Å². The number of hydrogen-bond acceptors (Lipinski definition) is 3. The molecule has 1 aliphatic rings. The maximum Gasteiger partial charge on any atom is 0.290 e. The Kier molecular flexibility index (Phi) is 5.76. The minimum atomic E-state index is -0.250. The van der Waals surface area contributed by atoms with E-state index in [9.17, 15) is 4.79 Å². The van der Waals surface area contributed by atoms with Crippen LogP contribution in [-0.2, 0) is 18.3 Å². The molecule has 2 aromatic heterocycles. The molecule has 0 bridgehead atoms. The summed E-state index contributed by atoms with van der Waals surface area (Å²) in [4.78, 5) is 27.2. The summed E-state index contributed by atoms with van der Waals surface area (Å²) in [6.07, 6.45) is 4.83. The van der Waals surface area contributed by atoms with Gasteiger partial charge in [-0.05, 0) is 48.7 Å². The second-order valence-electron chi connectivity index (χ2n) is 6.51. The lowest BCUT2D eigenvalue weighted by molar-refractivity contribution is -0.122. The van der Waals surface area contributed by atoms with Crippen LogP contribution in [0.1, 0.15) is 16.1 Å². The van der Waals surface area contributed by atoms with Gasteiger partial charge in [0.05, 0.1) is 11.2 Å². The molecule has 6 nitrogen and oxygen atoms in total. The maximum absolute atomic E-state index is 12.4. The molecule has 1 N–H and O–H groups in total. The molecule has 0 atom stereocenters. The second kappa shape index (κ2) is 8.22. The minimum Gasteiger partial charge on any atom is -0.483 e. The van der Waals surface area contributed by atoms with E-state index in [4.69, 9.17) is 21.5 Å². The molecule has 27 heavy (non-hydrogen) atoms. The summed E-state index contributed by atoms with van der Waals surface area (Å²) in [5.74, 6) is 0.544.